The highest BCUT2D eigenvalue weighted by Gasteiger charge is 2.69. The molecule has 0 aliphatic rings. The molecule has 0 aromatic rings. The lowest BCUT2D eigenvalue weighted by Crippen LogP contribution is -2.53. The molecule has 0 aromatic heterocycles. The Hall–Kier alpha value is -2.57. The molecule has 0 saturated carbocycles. The molecule has 0 atom stereocenters. The summed E-state index contributed by atoms with van der Waals surface area (Å²) in [5.41, 5.74) is 0. The molecule has 10 nitrogen and oxygen atoms in total. The van der Waals surface area contributed by atoms with Crippen LogP contribution in [0.4, 0.5) is 0 Å². The summed E-state index contributed by atoms with van der Waals surface area (Å²) < 4.78 is 0. The molecule has 0 rings (SSSR count). The molecule has 0 aliphatic heterocycles. The Kier molecular flexibility index (Phi) is 14.1. The summed E-state index contributed by atoms with van der Waals surface area (Å²) in [7, 11) is 0. The number of carbonyl (C=O) groups excluding carboxylic acids is 1. The highest BCUT2D eigenvalue weighted by atomic mass is 16.7. The first-order valence-electron chi connectivity index (χ1n) is 9.72. The fourth-order valence-electron chi connectivity index (χ4n) is 2.73. The van der Waals surface area contributed by atoms with E-state index in [1.165, 1.54) is 0 Å². The molecule has 28 heavy (non-hydrogen) atoms. The van der Waals surface area contributed by atoms with Crippen molar-refractivity contribution in [1.29, 1.82) is 0 Å². The van der Waals surface area contributed by atoms with Crippen LogP contribution in [0.25, 0.3) is 0 Å². The van der Waals surface area contributed by atoms with E-state index in [-0.39, 0.29) is 6.42 Å². The molecule has 0 unspecified atom stereocenters. The van der Waals surface area contributed by atoms with Crippen LogP contribution in [0.2, 0.25) is 0 Å². The first-order chi connectivity index (χ1) is 13.4. The van der Waals surface area contributed by atoms with Gasteiger partial charge in [0.1, 0.15) is 6.29 Å². The van der Waals surface area contributed by atoms with Crippen LogP contribution in [0.5, 0.6) is 0 Å². The number of nitrogens with zero attached hydrogens (tertiary/aromatic N) is 3. The average Bonchev–Trinajstić information content (AvgIpc) is 2.63. The van der Waals surface area contributed by atoms with E-state index in [9.17, 15) is 35.1 Å². The largest absolute Gasteiger partial charge is 0.699 e. The molecule has 0 heterocycles. The van der Waals surface area contributed by atoms with Gasteiger partial charge in [-0.3, -0.25) is 30.3 Å². The van der Waals surface area contributed by atoms with Crippen molar-refractivity contribution in [3.63, 3.8) is 0 Å². The number of aldehydes is 1. The zero-order valence-corrected chi connectivity index (χ0v) is 16.2. The Morgan fingerprint density at radius 3 is 1.46 bits per heavy atom. The lowest BCUT2D eigenvalue weighted by Gasteiger charge is -2.08. The number of rotatable bonds is 17. The Morgan fingerprint density at radius 1 is 0.643 bits per heavy atom. The van der Waals surface area contributed by atoms with Crippen LogP contribution in [0.3, 0.4) is 0 Å². The van der Waals surface area contributed by atoms with Gasteiger partial charge >= 0.3 is 5.79 Å². The SMILES string of the molecule is O=CCCCCCCCC#CCCCCCCCC([N+](=O)[O-])([N+](=O)[O-])[N+](=O)[O-]. The maximum Gasteiger partial charge on any atom is 0.699 e. The summed E-state index contributed by atoms with van der Waals surface area (Å²) in [4.78, 5) is 38.3. The number of unbranched alkanes of at least 4 members (excludes halogenated alkanes) is 11. The van der Waals surface area contributed by atoms with Gasteiger partial charge in [-0.2, -0.15) is 0 Å². The molecular formula is C18H29N3O7. The summed E-state index contributed by atoms with van der Waals surface area (Å²) in [6.45, 7) is 0. The quantitative estimate of drug-likeness (QED) is 0.0891. The molecule has 0 radical (unpaired) electrons. The van der Waals surface area contributed by atoms with E-state index in [1.807, 2.05) is 0 Å². The first-order valence-corrected chi connectivity index (χ1v) is 9.72. The van der Waals surface area contributed by atoms with Gasteiger partial charge in [0.25, 0.3) is 0 Å². The van der Waals surface area contributed by atoms with E-state index in [1.54, 1.807) is 0 Å². The summed E-state index contributed by atoms with van der Waals surface area (Å²) in [6.07, 6.45) is 10.7. The third kappa shape index (κ3) is 9.94. The van der Waals surface area contributed by atoms with Gasteiger partial charge in [-0.05, 0) is 25.7 Å². The van der Waals surface area contributed by atoms with E-state index >= 15 is 0 Å². The number of nitro groups is 3. The summed E-state index contributed by atoms with van der Waals surface area (Å²) >= 11 is 0. The monoisotopic (exact) mass is 399 g/mol. The number of carbonyl (C=O) groups is 1. The molecule has 10 heteroatoms. The molecule has 0 aliphatic carbocycles. The predicted molar refractivity (Wildman–Crippen MR) is 102 cm³/mol. The molecule has 0 spiro atoms. The Bertz CT molecular complexity index is 533. The van der Waals surface area contributed by atoms with Crippen molar-refractivity contribution in [3.05, 3.63) is 30.3 Å². The number of hydrogen-bond acceptors (Lipinski definition) is 7. The second-order valence-corrected chi connectivity index (χ2v) is 6.64. The van der Waals surface area contributed by atoms with Crippen LogP contribution < -0.4 is 0 Å². The average molecular weight is 399 g/mol. The molecular weight excluding hydrogens is 370 g/mol. The van der Waals surface area contributed by atoms with Gasteiger partial charge in [-0.15, -0.1) is 11.8 Å². The van der Waals surface area contributed by atoms with E-state index in [2.05, 4.69) is 11.8 Å². The van der Waals surface area contributed by atoms with E-state index < -0.39 is 27.0 Å². The molecule has 0 N–H and O–H groups in total. The minimum Gasteiger partial charge on any atom is -0.303 e. The minimum absolute atomic E-state index is 0.0570. The summed E-state index contributed by atoms with van der Waals surface area (Å²) in [5.74, 6) is 2.87. The lowest BCUT2D eigenvalue weighted by molar-refractivity contribution is -0.970. The maximum absolute atomic E-state index is 10.8. The molecule has 0 aromatic carbocycles. The molecule has 0 amide bonds. The topological polar surface area (TPSA) is 146 Å². The third-order valence-corrected chi connectivity index (χ3v) is 4.44. The van der Waals surface area contributed by atoms with Crippen LogP contribution >= 0.6 is 0 Å². The number of hydrogen-bond donors (Lipinski definition) is 0. The Labute approximate surface area is 164 Å². The van der Waals surface area contributed by atoms with Gasteiger partial charge in [-0.25, -0.2) is 0 Å². The van der Waals surface area contributed by atoms with Crippen molar-refractivity contribution in [3.8, 4) is 11.8 Å². The zero-order valence-electron chi connectivity index (χ0n) is 16.2. The van der Waals surface area contributed by atoms with Crippen LogP contribution in [0.1, 0.15) is 89.9 Å². The van der Waals surface area contributed by atoms with Gasteiger partial charge < -0.3 is 4.79 Å². The fourth-order valence-corrected chi connectivity index (χ4v) is 2.73. The van der Waals surface area contributed by atoms with Crippen molar-refractivity contribution in [2.24, 2.45) is 0 Å². The first kappa shape index (κ1) is 25.4. The minimum atomic E-state index is -3.33. The van der Waals surface area contributed by atoms with Gasteiger partial charge in [0.05, 0.1) is 0 Å². The standard InChI is InChI=1S/C18H29N3O7/c22-17-15-13-11-9-7-5-3-1-2-4-6-8-10-12-14-16-18(19(23)24,20(25)26)21(27)28/h17H,3-16H2. The van der Waals surface area contributed by atoms with Crippen molar-refractivity contribution in [2.75, 3.05) is 0 Å². The van der Waals surface area contributed by atoms with E-state index in [0.29, 0.717) is 19.3 Å². The molecule has 0 bridgehead atoms. The van der Waals surface area contributed by atoms with Crippen molar-refractivity contribution in [1.82, 2.24) is 0 Å². The zero-order chi connectivity index (χ0) is 21.3. The van der Waals surface area contributed by atoms with Gasteiger partial charge in [0, 0.05) is 19.3 Å². The second kappa shape index (κ2) is 15.5. The second-order valence-electron chi connectivity index (χ2n) is 6.64. The van der Waals surface area contributed by atoms with Crippen LogP contribution in [0.15, 0.2) is 0 Å². The van der Waals surface area contributed by atoms with Crippen LogP contribution in [-0.2, 0) is 4.79 Å². The van der Waals surface area contributed by atoms with Gasteiger partial charge in [-0.1, -0.05) is 38.5 Å². The summed E-state index contributed by atoms with van der Waals surface area (Å²) in [6, 6.07) is 0. The van der Waals surface area contributed by atoms with E-state index in [0.717, 1.165) is 64.1 Å². The normalized spacial score (nSPS) is 10.7. The third-order valence-electron chi connectivity index (χ3n) is 4.44. The van der Waals surface area contributed by atoms with Crippen LogP contribution in [0, 0.1) is 42.2 Å². The molecule has 158 valence electrons. The molecule has 0 saturated heterocycles. The highest BCUT2D eigenvalue weighted by Crippen LogP contribution is 2.21. The van der Waals surface area contributed by atoms with E-state index in [4.69, 9.17) is 0 Å². The van der Waals surface area contributed by atoms with Gasteiger partial charge in [0.15, 0.2) is 21.2 Å². The summed E-state index contributed by atoms with van der Waals surface area (Å²) in [5, 5.41) is 32.4. The van der Waals surface area contributed by atoms with Gasteiger partial charge in [0.2, 0.25) is 0 Å². The lowest BCUT2D eigenvalue weighted by atomic mass is 10.1. The molecule has 0 fully saturated rings. The van der Waals surface area contributed by atoms with Crippen LogP contribution in [-0.4, -0.2) is 26.8 Å². The van der Waals surface area contributed by atoms with Crippen molar-refractivity contribution >= 4 is 6.29 Å². The highest BCUT2D eigenvalue weighted by molar-refractivity contribution is 5.48. The fraction of sp³-hybridized carbons (Fsp3) is 0.833. The smallest absolute Gasteiger partial charge is 0.303 e. The Morgan fingerprint density at radius 2 is 1.04 bits per heavy atom. The van der Waals surface area contributed by atoms with Crippen molar-refractivity contribution < 1.29 is 19.6 Å². The van der Waals surface area contributed by atoms with Crippen molar-refractivity contribution in [2.45, 2.75) is 95.7 Å². The Balaban J connectivity index is 3.75. The maximum atomic E-state index is 10.8. The predicted octanol–water partition coefficient (Wildman–Crippen LogP) is 4.13.